The Hall–Kier alpha value is -1.66. The fourth-order valence-corrected chi connectivity index (χ4v) is 2.58. The largest absolute Gasteiger partial charge is 0.260 e. The van der Waals surface area contributed by atoms with Crippen LogP contribution in [0.15, 0.2) is 47.3 Å². The Labute approximate surface area is 116 Å². The summed E-state index contributed by atoms with van der Waals surface area (Å²) in [6, 6.07) is 9.96. The topological polar surface area (TPSA) is 51.6 Å². The molecule has 4 nitrogen and oxygen atoms in total. The number of aromatic nitrogens is 4. The normalized spacial score (nSPS) is 10.5. The maximum absolute atomic E-state index is 4.31. The van der Waals surface area contributed by atoms with Gasteiger partial charge in [-0.2, -0.15) is 0 Å². The number of halogens is 1. The molecule has 1 aromatic carbocycles. The van der Waals surface area contributed by atoms with E-state index in [9.17, 15) is 0 Å². The van der Waals surface area contributed by atoms with E-state index >= 15 is 0 Å². The van der Waals surface area contributed by atoms with Gasteiger partial charge in [-0.15, -0.1) is 10.2 Å². The molecule has 0 amide bonds. The van der Waals surface area contributed by atoms with Crippen LogP contribution >= 0.6 is 27.3 Å². The van der Waals surface area contributed by atoms with E-state index in [0.717, 1.165) is 21.3 Å². The monoisotopic (exact) mass is 318 g/mol. The van der Waals surface area contributed by atoms with Crippen molar-refractivity contribution < 1.29 is 0 Å². The summed E-state index contributed by atoms with van der Waals surface area (Å²) in [5.41, 5.74) is 1.79. The zero-order valence-corrected chi connectivity index (χ0v) is 11.5. The van der Waals surface area contributed by atoms with E-state index < -0.39 is 0 Å². The summed E-state index contributed by atoms with van der Waals surface area (Å²) >= 11 is 4.80. The van der Waals surface area contributed by atoms with Crippen molar-refractivity contribution in [1.82, 2.24) is 20.2 Å². The quantitative estimate of drug-likeness (QED) is 0.726. The van der Waals surface area contributed by atoms with E-state index in [1.807, 2.05) is 30.3 Å². The fourth-order valence-electron chi connectivity index (χ4n) is 1.47. The minimum atomic E-state index is 0.691. The van der Waals surface area contributed by atoms with Crippen LogP contribution in [0.2, 0.25) is 0 Å². The standard InChI is InChI=1S/C12H7BrN4S/c13-10-7-14-6-9(15-10)12-17-16-11(18-12)8-4-2-1-3-5-8/h1-7H. The molecule has 0 aliphatic carbocycles. The zero-order valence-electron chi connectivity index (χ0n) is 9.12. The Kier molecular flexibility index (Phi) is 3.12. The molecule has 0 saturated carbocycles. The third kappa shape index (κ3) is 2.30. The summed E-state index contributed by atoms with van der Waals surface area (Å²) in [5.74, 6) is 0. The first-order chi connectivity index (χ1) is 8.83. The summed E-state index contributed by atoms with van der Waals surface area (Å²) in [7, 11) is 0. The van der Waals surface area contributed by atoms with Crippen molar-refractivity contribution in [3.63, 3.8) is 0 Å². The van der Waals surface area contributed by atoms with Crippen LogP contribution in [-0.2, 0) is 0 Å². The highest BCUT2D eigenvalue weighted by molar-refractivity contribution is 9.10. The second-order valence-corrected chi connectivity index (χ2v) is 5.30. The molecule has 0 saturated heterocycles. The molecule has 0 aliphatic heterocycles. The van der Waals surface area contributed by atoms with Gasteiger partial charge in [0.25, 0.3) is 0 Å². The van der Waals surface area contributed by atoms with Crippen LogP contribution < -0.4 is 0 Å². The van der Waals surface area contributed by atoms with Crippen LogP contribution in [0.25, 0.3) is 21.3 Å². The maximum Gasteiger partial charge on any atom is 0.168 e. The molecule has 2 heterocycles. The summed E-state index contributed by atoms with van der Waals surface area (Å²) in [6.45, 7) is 0. The second kappa shape index (κ2) is 4.91. The second-order valence-electron chi connectivity index (χ2n) is 3.51. The molecule has 88 valence electrons. The zero-order chi connectivity index (χ0) is 12.4. The Bertz CT molecular complexity index is 669. The van der Waals surface area contributed by atoms with Gasteiger partial charge in [-0.1, -0.05) is 41.7 Å². The number of benzene rings is 1. The van der Waals surface area contributed by atoms with Gasteiger partial charge in [0.15, 0.2) is 5.01 Å². The minimum Gasteiger partial charge on any atom is -0.260 e. The lowest BCUT2D eigenvalue weighted by atomic mass is 10.2. The molecule has 0 spiro atoms. The first-order valence-corrected chi connectivity index (χ1v) is 6.81. The fraction of sp³-hybridized carbons (Fsp3) is 0. The first-order valence-electron chi connectivity index (χ1n) is 5.20. The summed E-state index contributed by atoms with van der Waals surface area (Å²) in [4.78, 5) is 8.38. The van der Waals surface area contributed by atoms with Gasteiger partial charge < -0.3 is 0 Å². The van der Waals surface area contributed by atoms with Crippen molar-refractivity contribution in [1.29, 1.82) is 0 Å². The number of nitrogens with zero attached hydrogens (tertiary/aromatic N) is 4. The molecular weight excluding hydrogens is 312 g/mol. The highest BCUT2D eigenvalue weighted by atomic mass is 79.9. The number of hydrogen-bond acceptors (Lipinski definition) is 5. The molecule has 0 N–H and O–H groups in total. The van der Waals surface area contributed by atoms with E-state index in [1.165, 1.54) is 11.3 Å². The lowest BCUT2D eigenvalue weighted by Crippen LogP contribution is -1.85. The van der Waals surface area contributed by atoms with Crippen molar-refractivity contribution in [3.05, 3.63) is 47.3 Å². The molecular formula is C12H7BrN4S. The highest BCUT2D eigenvalue weighted by Crippen LogP contribution is 2.28. The summed E-state index contributed by atoms with van der Waals surface area (Å²) in [5, 5.41) is 9.98. The van der Waals surface area contributed by atoms with Crippen LogP contribution in [0.1, 0.15) is 0 Å². The van der Waals surface area contributed by atoms with Crippen molar-refractivity contribution in [3.8, 4) is 21.3 Å². The average molecular weight is 319 g/mol. The van der Waals surface area contributed by atoms with Crippen molar-refractivity contribution in [2.45, 2.75) is 0 Å². The summed E-state index contributed by atoms with van der Waals surface area (Å²) < 4.78 is 0.691. The Balaban J connectivity index is 2.00. The Morgan fingerprint density at radius 2 is 1.72 bits per heavy atom. The third-order valence-electron chi connectivity index (χ3n) is 2.27. The van der Waals surface area contributed by atoms with Gasteiger partial charge in [0, 0.05) is 5.56 Å². The van der Waals surface area contributed by atoms with Crippen LogP contribution in [0.3, 0.4) is 0 Å². The molecule has 0 radical (unpaired) electrons. The molecule has 3 aromatic rings. The van der Waals surface area contributed by atoms with Gasteiger partial charge in [0.05, 0.1) is 12.4 Å². The van der Waals surface area contributed by atoms with Crippen molar-refractivity contribution in [2.24, 2.45) is 0 Å². The maximum atomic E-state index is 4.31. The van der Waals surface area contributed by atoms with Crippen LogP contribution in [-0.4, -0.2) is 20.2 Å². The minimum absolute atomic E-state index is 0.691. The average Bonchev–Trinajstić information content (AvgIpc) is 2.89. The smallest absolute Gasteiger partial charge is 0.168 e. The molecule has 0 bridgehead atoms. The lowest BCUT2D eigenvalue weighted by Gasteiger charge is -1.94. The molecule has 6 heteroatoms. The van der Waals surface area contributed by atoms with E-state index in [1.54, 1.807) is 12.4 Å². The van der Waals surface area contributed by atoms with Gasteiger partial charge in [0.1, 0.15) is 15.3 Å². The molecule has 0 unspecified atom stereocenters. The Morgan fingerprint density at radius 3 is 2.50 bits per heavy atom. The molecule has 18 heavy (non-hydrogen) atoms. The number of rotatable bonds is 2. The van der Waals surface area contributed by atoms with Gasteiger partial charge in [0.2, 0.25) is 0 Å². The van der Waals surface area contributed by atoms with Gasteiger partial charge in [-0.25, -0.2) is 4.98 Å². The van der Waals surface area contributed by atoms with E-state index in [-0.39, 0.29) is 0 Å². The third-order valence-corrected chi connectivity index (χ3v) is 3.65. The Morgan fingerprint density at radius 1 is 0.944 bits per heavy atom. The van der Waals surface area contributed by atoms with Gasteiger partial charge in [-0.05, 0) is 15.9 Å². The molecule has 0 atom stereocenters. The molecule has 0 aliphatic rings. The predicted octanol–water partition coefficient (Wildman–Crippen LogP) is 3.42. The summed E-state index contributed by atoms with van der Waals surface area (Å²) in [6.07, 6.45) is 3.32. The predicted molar refractivity (Wildman–Crippen MR) is 74.1 cm³/mol. The van der Waals surface area contributed by atoms with Gasteiger partial charge >= 0.3 is 0 Å². The first kappa shape index (κ1) is 11.4. The van der Waals surface area contributed by atoms with Crippen molar-refractivity contribution >= 4 is 27.3 Å². The van der Waals surface area contributed by atoms with E-state index in [2.05, 4.69) is 36.1 Å². The van der Waals surface area contributed by atoms with Crippen LogP contribution in [0.5, 0.6) is 0 Å². The number of hydrogen-bond donors (Lipinski definition) is 0. The lowest BCUT2D eigenvalue weighted by molar-refractivity contribution is 1.08. The van der Waals surface area contributed by atoms with Gasteiger partial charge in [-0.3, -0.25) is 4.98 Å². The van der Waals surface area contributed by atoms with Crippen LogP contribution in [0, 0.1) is 0 Å². The highest BCUT2D eigenvalue weighted by Gasteiger charge is 2.09. The molecule has 3 rings (SSSR count). The van der Waals surface area contributed by atoms with Crippen molar-refractivity contribution in [2.75, 3.05) is 0 Å². The van der Waals surface area contributed by atoms with E-state index in [4.69, 9.17) is 0 Å². The van der Waals surface area contributed by atoms with Crippen LogP contribution in [0.4, 0.5) is 0 Å². The molecule has 0 fully saturated rings. The SMILES string of the molecule is Brc1cncc(-c2nnc(-c3ccccc3)s2)n1. The van der Waals surface area contributed by atoms with E-state index in [0.29, 0.717) is 4.60 Å². The molecule has 2 aromatic heterocycles.